The molecule has 0 aliphatic rings. The van der Waals surface area contributed by atoms with E-state index in [1.807, 2.05) is 18.2 Å². The van der Waals surface area contributed by atoms with E-state index < -0.39 is 0 Å². The number of nitrogens with one attached hydrogen (secondary N) is 2. The number of nitriles is 1. The van der Waals surface area contributed by atoms with Crippen molar-refractivity contribution in [3.05, 3.63) is 28.8 Å². The number of nitrogens with zero attached hydrogens (tertiary/aromatic N) is 1. The van der Waals surface area contributed by atoms with Gasteiger partial charge in [-0.1, -0.05) is 23.7 Å². The Bertz CT molecular complexity index is 503. The molecule has 6 nitrogen and oxygen atoms in total. The first kappa shape index (κ1) is 17.2. The number of para-hydroxylation sites is 1. The minimum atomic E-state index is -0.366. The van der Waals surface area contributed by atoms with Crippen LogP contribution >= 0.6 is 11.6 Å². The lowest BCUT2D eigenvalue weighted by atomic mass is 10.2. The fraction of sp³-hybridized carbons (Fsp3) is 0.429. The van der Waals surface area contributed by atoms with Gasteiger partial charge in [0.1, 0.15) is 12.3 Å². The Balaban J connectivity index is 2.58. The van der Waals surface area contributed by atoms with Gasteiger partial charge >= 0.3 is 0 Å². The van der Waals surface area contributed by atoms with Gasteiger partial charge in [0.2, 0.25) is 0 Å². The van der Waals surface area contributed by atoms with Crippen LogP contribution in [-0.2, 0) is 16.1 Å². The van der Waals surface area contributed by atoms with Gasteiger partial charge in [-0.2, -0.15) is 5.26 Å². The Labute approximate surface area is 129 Å². The predicted octanol–water partition coefficient (Wildman–Crippen LogP) is 1.09. The molecule has 1 aromatic carbocycles. The van der Waals surface area contributed by atoms with Crippen LogP contribution in [0.5, 0.6) is 5.75 Å². The van der Waals surface area contributed by atoms with Gasteiger partial charge in [0.15, 0.2) is 6.61 Å². The number of benzene rings is 1. The molecule has 1 aromatic rings. The second-order valence-corrected chi connectivity index (χ2v) is 4.53. The molecule has 1 amide bonds. The molecule has 0 heterocycles. The highest BCUT2D eigenvalue weighted by Crippen LogP contribution is 2.28. The topological polar surface area (TPSA) is 83.4 Å². The van der Waals surface area contributed by atoms with Crippen molar-refractivity contribution in [3.8, 4) is 11.8 Å². The van der Waals surface area contributed by atoms with Crippen LogP contribution in [0.15, 0.2) is 18.2 Å². The Kier molecular flexibility index (Phi) is 8.21. The van der Waals surface area contributed by atoms with Gasteiger partial charge in [-0.25, -0.2) is 0 Å². The molecule has 0 saturated heterocycles. The van der Waals surface area contributed by atoms with Crippen molar-refractivity contribution < 1.29 is 14.3 Å². The molecule has 114 valence electrons. The highest BCUT2D eigenvalue weighted by atomic mass is 35.5. The molecule has 0 aliphatic carbocycles. The third kappa shape index (κ3) is 6.45. The number of methoxy groups -OCH3 is 1. The first-order valence-electron chi connectivity index (χ1n) is 6.42. The molecule has 0 aliphatic heterocycles. The van der Waals surface area contributed by atoms with E-state index in [4.69, 9.17) is 26.3 Å². The van der Waals surface area contributed by atoms with Crippen molar-refractivity contribution in [2.75, 3.05) is 33.4 Å². The van der Waals surface area contributed by atoms with E-state index in [2.05, 4.69) is 10.6 Å². The Morgan fingerprint density at radius 3 is 3.00 bits per heavy atom. The molecular formula is C14H18ClN3O3. The smallest absolute Gasteiger partial charge is 0.258 e. The SMILES string of the molecule is COCCNCc1cccc(Cl)c1OCC(=O)NCC#N. The van der Waals surface area contributed by atoms with Crippen LogP contribution in [0, 0.1) is 11.3 Å². The molecule has 0 spiro atoms. The molecular weight excluding hydrogens is 294 g/mol. The average molecular weight is 312 g/mol. The summed E-state index contributed by atoms with van der Waals surface area (Å²) < 4.78 is 10.4. The maximum Gasteiger partial charge on any atom is 0.258 e. The standard InChI is InChI=1S/C14H18ClN3O3/c1-20-8-7-17-9-11-3-2-4-12(15)14(11)21-10-13(19)18-6-5-16/h2-4,17H,6-10H2,1H3,(H,18,19). The quantitative estimate of drug-likeness (QED) is 0.527. The van der Waals surface area contributed by atoms with Gasteiger partial charge in [-0.3, -0.25) is 4.79 Å². The van der Waals surface area contributed by atoms with E-state index in [1.165, 1.54) is 0 Å². The molecule has 0 aromatic heterocycles. The lowest BCUT2D eigenvalue weighted by molar-refractivity contribution is -0.122. The summed E-state index contributed by atoms with van der Waals surface area (Å²) in [6.07, 6.45) is 0. The summed E-state index contributed by atoms with van der Waals surface area (Å²) in [6, 6.07) is 7.21. The van der Waals surface area contributed by atoms with Crippen molar-refractivity contribution in [2.45, 2.75) is 6.54 Å². The summed E-state index contributed by atoms with van der Waals surface area (Å²) in [5, 5.41) is 14.4. The van der Waals surface area contributed by atoms with Crippen molar-refractivity contribution in [1.29, 1.82) is 5.26 Å². The number of ether oxygens (including phenoxy) is 2. The maximum absolute atomic E-state index is 11.4. The number of carbonyl (C=O) groups excluding carboxylic acids is 1. The highest BCUT2D eigenvalue weighted by Gasteiger charge is 2.10. The fourth-order valence-corrected chi connectivity index (χ4v) is 1.83. The number of hydrogen-bond donors (Lipinski definition) is 2. The van der Waals surface area contributed by atoms with E-state index in [1.54, 1.807) is 13.2 Å². The van der Waals surface area contributed by atoms with E-state index >= 15 is 0 Å². The first-order chi connectivity index (χ1) is 10.2. The summed E-state index contributed by atoms with van der Waals surface area (Å²) in [5.74, 6) is 0.103. The number of rotatable bonds is 9. The fourth-order valence-electron chi connectivity index (χ4n) is 1.58. The van der Waals surface area contributed by atoms with Crippen molar-refractivity contribution in [1.82, 2.24) is 10.6 Å². The van der Waals surface area contributed by atoms with Crippen LogP contribution in [0.25, 0.3) is 0 Å². The summed E-state index contributed by atoms with van der Waals surface area (Å²) in [5.41, 5.74) is 0.853. The molecule has 21 heavy (non-hydrogen) atoms. The first-order valence-corrected chi connectivity index (χ1v) is 6.80. The van der Waals surface area contributed by atoms with E-state index in [0.29, 0.717) is 30.5 Å². The minimum absolute atomic E-state index is 0.0455. The molecule has 0 bridgehead atoms. The maximum atomic E-state index is 11.4. The van der Waals surface area contributed by atoms with E-state index in [0.717, 1.165) is 5.56 Å². The third-order valence-corrected chi connectivity index (χ3v) is 2.86. The van der Waals surface area contributed by atoms with Gasteiger partial charge in [0.25, 0.3) is 5.91 Å². The number of carbonyl (C=O) groups is 1. The molecule has 1 rings (SSSR count). The summed E-state index contributed by atoms with van der Waals surface area (Å²) >= 11 is 6.10. The molecule has 0 saturated carbocycles. The van der Waals surface area contributed by atoms with Crippen LogP contribution in [0.3, 0.4) is 0 Å². The lowest BCUT2D eigenvalue weighted by Gasteiger charge is -2.13. The number of amides is 1. The van der Waals surface area contributed by atoms with Crippen LogP contribution in [0.2, 0.25) is 5.02 Å². The molecule has 2 N–H and O–H groups in total. The summed E-state index contributed by atoms with van der Waals surface area (Å²) in [7, 11) is 1.63. The van der Waals surface area contributed by atoms with Gasteiger partial charge in [-0.15, -0.1) is 0 Å². The normalized spacial score (nSPS) is 9.95. The molecule has 7 heteroatoms. The van der Waals surface area contributed by atoms with Gasteiger partial charge < -0.3 is 20.1 Å². The summed E-state index contributed by atoms with van der Waals surface area (Å²) in [4.78, 5) is 11.4. The minimum Gasteiger partial charge on any atom is -0.482 e. The summed E-state index contributed by atoms with van der Waals surface area (Å²) in [6.45, 7) is 1.63. The average Bonchev–Trinajstić information content (AvgIpc) is 2.48. The van der Waals surface area contributed by atoms with Crippen molar-refractivity contribution in [3.63, 3.8) is 0 Å². The van der Waals surface area contributed by atoms with Crippen LogP contribution < -0.4 is 15.4 Å². The van der Waals surface area contributed by atoms with Crippen LogP contribution in [-0.4, -0.2) is 39.3 Å². The molecule has 0 radical (unpaired) electrons. The zero-order chi connectivity index (χ0) is 15.5. The number of hydrogen-bond acceptors (Lipinski definition) is 5. The van der Waals surface area contributed by atoms with Crippen molar-refractivity contribution >= 4 is 17.5 Å². The second kappa shape index (κ2) is 10.00. The Morgan fingerprint density at radius 1 is 1.48 bits per heavy atom. The van der Waals surface area contributed by atoms with E-state index in [9.17, 15) is 4.79 Å². The Morgan fingerprint density at radius 2 is 2.29 bits per heavy atom. The second-order valence-electron chi connectivity index (χ2n) is 4.12. The molecule has 0 unspecified atom stereocenters. The van der Waals surface area contributed by atoms with E-state index in [-0.39, 0.29) is 19.1 Å². The van der Waals surface area contributed by atoms with Gasteiger partial charge in [-0.05, 0) is 6.07 Å². The monoisotopic (exact) mass is 311 g/mol. The zero-order valence-corrected chi connectivity index (χ0v) is 12.6. The Hall–Kier alpha value is -1.81. The third-order valence-electron chi connectivity index (χ3n) is 2.56. The van der Waals surface area contributed by atoms with Gasteiger partial charge in [0.05, 0.1) is 17.7 Å². The highest BCUT2D eigenvalue weighted by molar-refractivity contribution is 6.32. The molecule has 0 atom stereocenters. The number of halogens is 1. The largest absolute Gasteiger partial charge is 0.482 e. The predicted molar refractivity (Wildman–Crippen MR) is 79.2 cm³/mol. The van der Waals surface area contributed by atoms with Gasteiger partial charge in [0, 0.05) is 25.8 Å². The van der Waals surface area contributed by atoms with Crippen LogP contribution in [0.1, 0.15) is 5.56 Å². The van der Waals surface area contributed by atoms with Crippen LogP contribution in [0.4, 0.5) is 0 Å². The lowest BCUT2D eigenvalue weighted by Crippen LogP contribution is -2.29. The molecule has 0 fully saturated rings. The zero-order valence-electron chi connectivity index (χ0n) is 11.8. The van der Waals surface area contributed by atoms with Crippen molar-refractivity contribution in [2.24, 2.45) is 0 Å².